The van der Waals surface area contributed by atoms with Crippen LogP contribution in [0.4, 0.5) is 0 Å². The predicted octanol–water partition coefficient (Wildman–Crippen LogP) is 13.8. The molecule has 12 rings (SSSR count). The Morgan fingerprint density at radius 1 is 0.424 bits per heavy atom. The zero-order valence-electron chi connectivity index (χ0n) is 32.5. The Morgan fingerprint density at radius 2 is 1.02 bits per heavy atom. The first kappa shape index (κ1) is 33.5. The number of para-hydroxylation sites is 2. The lowest BCUT2D eigenvalue weighted by molar-refractivity contribution is 0.660. The van der Waals surface area contributed by atoms with Gasteiger partial charge in [-0.25, -0.2) is 4.98 Å². The van der Waals surface area contributed by atoms with Crippen LogP contribution >= 0.6 is 0 Å². The van der Waals surface area contributed by atoms with Crippen LogP contribution in [0.3, 0.4) is 0 Å². The van der Waals surface area contributed by atoms with Crippen molar-refractivity contribution in [2.24, 2.45) is 0 Å². The Kier molecular flexibility index (Phi) is 7.20. The SMILES string of the molecule is CC1(C)c2ccccc2-c2c(-c3cccc(-c4nc(-c5ccc6c(c5)oc5cccc(-c7ccccc7)c56)nc(-n5c6ccccc6c6ccccc65)n4)c3)cccc21. The topological polar surface area (TPSA) is 56.7 Å². The van der Waals surface area contributed by atoms with Crippen LogP contribution in [0, 0.1) is 0 Å². The number of aromatic nitrogens is 4. The van der Waals surface area contributed by atoms with Gasteiger partial charge in [-0.2, -0.15) is 9.97 Å². The quantitative estimate of drug-likeness (QED) is 0.175. The van der Waals surface area contributed by atoms with Crippen molar-refractivity contribution in [1.29, 1.82) is 0 Å². The van der Waals surface area contributed by atoms with E-state index in [9.17, 15) is 0 Å². The Bertz CT molecular complexity index is 3430. The third kappa shape index (κ3) is 5.08. The van der Waals surface area contributed by atoms with Gasteiger partial charge in [-0.1, -0.05) is 159 Å². The van der Waals surface area contributed by atoms with Crippen molar-refractivity contribution in [3.8, 4) is 62.1 Å². The normalized spacial score (nSPS) is 13.1. The van der Waals surface area contributed by atoms with E-state index < -0.39 is 0 Å². The summed E-state index contributed by atoms with van der Waals surface area (Å²) in [7, 11) is 0. The monoisotopic (exact) mass is 756 g/mol. The average Bonchev–Trinajstić information content (AvgIpc) is 3.92. The van der Waals surface area contributed by atoms with Crippen molar-refractivity contribution in [1.82, 2.24) is 19.5 Å². The molecule has 0 spiro atoms. The maximum absolute atomic E-state index is 6.57. The number of benzene rings is 8. The molecule has 1 aliphatic rings. The van der Waals surface area contributed by atoms with Crippen molar-refractivity contribution in [3.05, 3.63) is 193 Å². The highest BCUT2D eigenvalue weighted by molar-refractivity contribution is 6.13. The second-order valence-electron chi connectivity index (χ2n) is 16.0. The minimum absolute atomic E-state index is 0.0933. The van der Waals surface area contributed by atoms with E-state index in [1.165, 1.54) is 27.8 Å². The van der Waals surface area contributed by atoms with Gasteiger partial charge in [0.25, 0.3) is 0 Å². The second-order valence-corrected chi connectivity index (χ2v) is 16.0. The van der Waals surface area contributed by atoms with Crippen molar-refractivity contribution in [2.45, 2.75) is 19.3 Å². The fourth-order valence-electron chi connectivity index (χ4n) is 9.51. The predicted molar refractivity (Wildman–Crippen MR) is 241 cm³/mol. The molecule has 5 nitrogen and oxygen atoms in total. The van der Waals surface area contributed by atoms with Gasteiger partial charge < -0.3 is 4.42 Å². The number of nitrogens with zero attached hydrogens (tertiary/aromatic N) is 4. The van der Waals surface area contributed by atoms with Gasteiger partial charge in [0.05, 0.1) is 11.0 Å². The first-order valence-electron chi connectivity index (χ1n) is 20.1. The van der Waals surface area contributed by atoms with Crippen LogP contribution in [-0.4, -0.2) is 19.5 Å². The van der Waals surface area contributed by atoms with Crippen molar-refractivity contribution >= 4 is 43.7 Å². The first-order chi connectivity index (χ1) is 29.0. The number of furan rings is 1. The van der Waals surface area contributed by atoms with Gasteiger partial charge in [0.2, 0.25) is 5.95 Å². The van der Waals surface area contributed by atoms with Gasteiger partial charge in [0, 0.05) is 38.1 Å². The summed E-state index contributed by atoms with van der Waals surface area (Å²) in [5.41, 5.74) is 15.3. The molecule has 0 bridgehead atoms. The molecule has 3 heterocycles. The summed E-state index contributed by atoms with van der Waals surface area (Å²) >= 11 is 0. The summed E-state index contributed by atoms with van der Waals surface area (Å²) < 4.78 is 8.74. The van der Waals surface area contributed by atoms with Crippen molar-refractivity contribution in [2.75, 3.05) is 0 Å². The molecule has 0 saturated carbocycles. The number of hydrogen-bond acceptors (Lipinski definition) is 4. The zero-order valence-corrected chi connectivity index (χ0v) is 32.5. The second kappa shape index (κ2) is 12.7. The molecule has 278 valence electrons. The smallest absolute Gasteiger partial charge is 0.238 e. The fourth-order valence-corrected chi connectivity index (χ4v) is 9.51. The zero-order chi connectivity index (χ0) is 39.2. The lowest BCUT2D eigenvalue weighted by atomic mass is 9.82. The van der Waals surface area contributed by atoms with E-state index in [0.717, 1.165) is 71.6 Å². The van der Waals surface area contributed by atoms with Gasteiger partial charge in [0.1, 0.15) is 11.2 Å². The number of fused-ring (bicyclic) bond motifs is 9. The molecule has 0 amide bonds. The Balaban J connectivity index is 1.07. The van der Waals surface area contributed by atoms with E-state index in [4.69, 9.17) is 19.4 Å². The summed E-state index contributed by atoms with van der Waals surface area (Å²) in [6, 6.07) is 64.1. The van der Waals surface area contributed by atoms with E-state index in [2.05, 4.69) is 188 Å². The highest BCUT2D eigenvalue weighted by Gasteiger charge is 2.36. The van der Waals surface area contributed by atoms with E-state index in [-0.39, 0.29) is 5.41 Å². The summed E-state index contributed by atoms with van der Waals surface area (Å²) in [5, 5.41) is 4.44. The molecule has 1 aliphatic carbocycles. The summed E-state index contributed by atoms with van der Waals surface area (Å²) in [5.74, 6) is 1.72. The lowest BCUT2D eigenvalue weighted by Gasteiger charge is -2.21. The molecule has 5 heteroatoms. The molecule has 0 N–H and O–H groups in total. The maximum atomic E-state index is 6.57. The molecule has 3 aromatic heterocycles. The van der Waals surface area contributed by atoms with Gasteiger partial charge in [-0.3, -0.25) is 4.57 Å². The van der Waals surface area contributed by atoms with E-state index in [1.54, 1.807) is 0 Å². The highest BCUT2D eigenvalue weighted by Crippen LogP contribution is 2.52. The van der Waals surface area contributed by atoms with Crippen molar-refractivity contribution < 1.29 is 4.42 Å². The minimum Gasteiger partial charge on any atom is -0.456 e. The van der Waals surface area contributed by atoms with Gasteiger partial charge in [-0.05, 0) is 80.9 Å². The van der Waals surface area contributed by atoms with E-state index in [1.807, 2.05) is 12.1 Å². The van der Waals surface area contributed by atoms with Crippen LogP contribution in [0.1, 0.15) is 25.0 Å². The van der Waals surface area contributed by atoms with Crippen molar-refractivity contribution in [3.63, 3.8) is 0 Å². The Morgan fingerprint density at radius 3 is 1.81 bits per heavy atom. The molecule has 11 aromatic rings. The standard InChI is InChI=1S/C54H36N4O/c1-54(2)43-24-9-6-21-41(43)49-38(22-13-25-44(49)54)34-17-12-18-35(31-34)51-55-52(57-53(56-51)58-45-26-10-7-19-39(45)40-20-8-11-27-46(40)58)36-29-30-42-48(32-36)59-47-28-14-23-37(50(42)47)33-15-4-3-5-16-33/h3-32H,1-2H3. The molecular weight excluding hydrogens is 721 g/mol. The van der Waals surface area contributed by atoms with Gasteiger partial charge in [0.15, 0.2) is 11.6 Å². The minimum atomic E-state index is -0.0933. The molecule has 0 saturated heterocycles. The molecule has 0 atom stereocenters. The van der Waals surface area contributed by atoms with E-state index >= 15 is 0 Å². The van der Waals surface area contributed by atoms with Gasteiger partial charge in [-0.15, -0.1) is 0 Å². The lowest BCUT2D eigenvalue weighted by Crippen LogP contribution is -2.14. The van der Waals surface area contributed by atoms with E-state index in [0.29, 0.717) is 17.6 Å². The van der Waals surface area contributed by atoms with Gasteiger partial charge >= 0.3 is 0 Å². The third-order valence-corrected chi connectivity index (χ3v) is 12.3. The first-order valence-corrected chi connectivity index (χ1v) is 20.1. The van der Waals surface area contributed by atoms with Crippen LogP contribution in [-0.2, 0) is 5.41 Å². The third-order valence-electron chi connectivity index (χ3n) is 12.3. The Labute approximate surface area is 340 Å². The number of hydrogen-bond donors (Lipinski definition) is 0. The fraction of sp³-hybridized carbons (Fsp3) is 0.0556. The molecule has 0 radical (unpaired) electrons. The number of rotatable bonds is 5. The van der Waals surface area contributed by atoms with Crippen LogP contribution in [0.25, 0.3) is 106 Å². The Hall–Kier alpha value is -7.63. The molecule has 59 heavy (non-hydrogen) atoms. The molecule has 0 aliphatic heterocycles. The average molecular weight is 757 g/mol. The molecule has 8 aromatic carbocycles. The van der Waals surface area contributed by atoms with Crippen LogP contribution in [0.15, 0.2) is 186 Å². The summed E-state index contributed by atoms with van der Waals surface area (Å²) in [4.78, 5) is 15.8. The molecule has 0 fully saturated rings. The van der Waals surface area contributed by atoms with Crippen LogP contribution in [0.2, 0.25) is 0 Å². The molecular formula is C54H36N4O. The summed E-state index contributed by atoms with van der Waals surface area (Å²) in [6.07, 6.45) is 0. The molecule has 0 unspecified atom stereocenters. The van der Waals surface area contributed by atoms with Crippen LogP contribution in [0.5, 0.6) is 0 Å². The highest BCUT2D eigenvalue weighted by atomic mass is 16.3. The van der Waals surface area contributed by atoms with Crippen LogP contribution < -0.4 is 0 Å². The largest absolute Gasteiger partial charge is 0.456 e. The summed E-state index contributed by atoms with van der Waals surface area (Å²) in [6.45, 7) is 4.65. The maximum Gasteiger partial charge on any atom is 0.238 e.